The third kappa shape index (κ3) is 5.09. The predicted molar refractivity (Wildman–Crippen MR) is 106 cm³/mol. The average molecular weight is 382 g/mol. The lowest BCUT2D eigenvalue weighted by Gasteiger charge is -2.32. The topological polar surface area (TPSA) is 79.7 Å². The lowest BCUT2D eigenvalue weighted by Crippen LogP contribution is -2.39. The molecule has 1 aromatic carbocycles. The van der Waals surface area contributed by atoms with Gasteiger partial charge in [-0.05, 0) is 68.4 Å². The molecule has 6 nitrogen and oxygen atoms in total. The maximum Gasteiger partial charge on any atom is 0.335 e. The van der Waals surface area contributed by atoms with Crippen LogP contribution in [0.1, 0.15) is 52.6 Å². The van der Waals surface area contributed by atoms with Gasteiger partial charge in [0.05, 0.1) is 12.2 Å². The van der Waals surface area contributed by atoms with Crippen LogP contribution >= 0.6 is 0 Å². The number of carbonyl (C=O) groups excluding carboxylic acids is 1. The van der Waals surface area contributed by atoms with Crippen LogP contribution in [-0.2, 0) is 6.42 Å². The largest absolute Gasteiger partial charge is 0.494 e. The highest BCUT2D eigenvalue weighted by Crippen LogP contribution is 2.24. The molecule has 0 aliphatic carbocycles. The van der Waals surface area contributed by atoms with Crippen molar-refractivity contribution in [2.45, 2.75) is 32.6 Å². The maximum atomic E-state index is 12.6. The Morgan fingerprint density at radius 2 is 1.89 bits per heavy atom. The minimum Gasteiger partial charge on any atom is -0.494 e. The van der Waals surface area contributed by atoms with Crippen molar-refractivity contribution in [3.05, 3.63) is 59.4 Å². The summed E-state index contributed by atoms with van der Waals surface area (Å²) in [5.41, 5.74) is 1.59. The molecule has 0 atom stereocenters. The second kappa shape index (κ2) is 9.35. The van der Waals surface area contributed by atoms with E-state index in [1.807, 2.05) is 19.1 Å². The number of rotatable bonds is 7. The summed E-state index contributed by atoms with van der Waals surface area (Å²) in [5.74, 6) is 0.255. The summed E-state index contributed by atoms with van der Waals surface area (Å²) in [7, 11) is 0. The van der Waals surface area contributed by atoms with Crippen molar-refractivity contribution in [2.75, 3.05) is 19.7 Å². The second-order valence-electron chi connectivity index (χ2n) is 7.09. The Bertz CT molecular complexity index is 812. The Balaban J connectivity index is 1.48. The number of aromatic carboxylic acids is 1. The van der Waals surface area contributed by atoms with E-state index in [2.05, 4.69) is 17.1 Å². The van der Waals surface area contributed by atoms with Gasteiger partial charge in [0.25, 0.3) is 5.91 Å². The number of carbonyl (C=O) groups is 2. The standard InChI is InChI=1S/C22H26N2O4/c1-2-28-19-7-5-16(6-8-19)3-4-17-10-13-24(14-11-17)21(25)20-15-18(22(26)27)9-12-23-20/h5-9,12,15,17H,2-4,10-11,13-14H2,1H3,(H,26,27). The minimum atomic E-state index is -1.05. The molecule has 1 aliphatic rings. The zero-order chi connectivity index (χ0) is 19.9. The number of benzene rings is 1. The fraction of sp³-hybridized carbons (Fsp3) is 0.409. The summed E-state index contributed by atoms with van der Waals surface area (Å²) in [6.07, 6.45) is 5.42. The van der Waals surface area contributed by atoms with Crippen LogP contribution in [-0.4, -0.2) is 46.6 Å². The van der Waals surface area contributed by atoms with Crippen LogP contribution in [0.4, 0.5) is 0 Å². The van der Waals surface area contributed by atoms with Crippen LogP contribution in [0, 0.1) is 5.92 Å². The van der Waals surface area contributed by atoms with E-state index in [0.717, 1.165) is 31.4 Å². The van der Waals surface area contributed by atoms with Crippen molar-refractivity contribution in [3.8, 4) is 5.75 Å². The fourth-order valence-corrected chi connectivity index (χ4v) is 3.56. The van der Waals surface area contributed by atoms with E-state index in [1.165, 1.54) is 23.9 Å². The number of pyridine rings is 1. The number of likely N-dealkylation sites (tertiary alicyclic amines) is 1. The Morgan fingerprint density at radius 3 is 2.54 bits per heavy atom. The molecule has 1 aromatic heterocycles. The smallest absolute Gasteiger partial charge is 0.335 e. The highest BCUT2D eigenvalue weighted by atomic mass is 16.5. The first-order chi connectivity index (χ1) is 13.6. The normalized spacial score (nSPS) is 14.7. The first-order valence-corrected chi connectivity index (χ1v) is 9.77. The first-order valence-electron chi connectivity index (χ1n) is 9.77. The molecule has 1 aliphatic heterocycles. The lowest BCUT2D eigenvalue weighted by molar-refractivity contribution is 0.0681. The number of carboxylic acid groups (broad SMARTS) is 1. The summed E-state index contributed by atoms with van der Waals surface area (Å²) in [4.78, 5) is 29.5. The van der Waals surface area contributed by atoms with Gasteiger partial charge < -0.3 is 14.7 Å². The molecule has 0 spiro atoms. The Kier molecular flexibility index (Phi) is 6.63. The molecule has 0 saturated carbocycles. The van der Waals surface area contributed by atoms with Gasteiger partial charge in [0.1, 0.15) is 11.4 Å². The molecule has 2 heterocycles. The highest BCUT2D eigenvalue weighted by Gasteiger charge is 2.24. The van der Waals surface area contributed by atoms with Gasteiger partial charge in [0, 0.05) is 19.3 Å². The number of carboxylic acids is 1. The zero-order valence-corrected chi connectivity index (χ0v) is 16.1. The second-order valence-corrected chi connectivity index (χ2v) is 7.09. The summed E-state index contributed by atoms with van der Waals surface area (Å²) < 4.78 is 5.47. The van der Waals surface area contributed by atoms with E-state index in [-0.39, 0.29) is 17.2 Å². The van der Waals surface area contributed by atoms with Gasteiger partial charge >= 0.3 is 5.97 Å². The number of aryl methyl sites for hydroxylation is 1. The van der Waals surface area contributed by atoms with Gasteiger partial charge in [-0.2, -0.15) is 0 Å². The Morgan fingerprint density at radius 1 is 1.18 bits per heavy atom. The molecule has 1 fully saturated rings. The quantitative estimate of drug-likeness (QED) is 0.790. The van der Waals surface area contributed by atoms with Gasteiger partial charge in [0.15, 0.2) is 0 Å². The molecule has 0 bridgehead atoms. The van der Waals surface area contributed by atoms with Crippen LogP contribution in [0.2, 0.25) is 0 Å². The van der Waals surface area contributed by atoms with E-state index in [0.29, 0.717) is 25.6 Å². The molecule has 2 aromatic rings. The van der Waals surface area contributed by atoms with Crippen LogP contribution in [0.3, 0.4) is 0 Å². The summed E-state index contributed by atoms with van der Waals surface area (Å²) in [6, 6.07) is 11.0. The monoisotopic (exact) mass is 382 g/mol. The van der Waals surface area contributed by atoms with E-state index in [1.54, 1.807) is 4.90 Å². The van der Waals surface area contributed by atoms with E-state index >= 15 is 0 Å². The molecule has 1 saturated heterocycles. The number of nitrogens with zero attached hydrogens (tertiary/aromatic N) is 2. The van der Waals surface area contributed by atoms with Gasteiger partial charge in [-0.1, -0.05) is 12.1 Å². The van der Waals surface area contributed by atoms with Crippen LogP contribution < -0.4 is 4.74 Å². The van der Waals surface area contributed by atoms with Crippen molar-refractivity contribution in [1.29, 1.82) is 0 Å². The van der Waals surface area contributed by atoms with E-state index < -0.39 is 5.97 Å². The number of ether oxygens (including phenoxy) is 1. The minimum absolute atomic E-state index is 0.0867. The Hall–Kier alpha value is -2.89. The average Bonchev–Trinajstić information content (AvgIpc) is 2.73. The number of piperidine rings is 1. The van der Waals surface area contributed by atoms with Crippen molar-refractivity contribution >= 4 is 11.9 Å². The highest BCUT2D eigenvalue weighted by molar-refractivity contribution is 5.95. The summed E-state index contributed by atoms with van der Waals surface area (Å²) >= 11 is 0. The zero-order valence-electron chi connectivity index (χ0n) is 16.1. The molecule has 0 radical (unpaired) electrons. The Labute approximate surface area is 165 Å². The molecular formula is C22H26N2O4. The first kappa shape index (κ1) is 19.9. The van der Waals surface area contributed by atoms with Crippen LogP contribution in [0.25, 0.3) is 0 Å². The third-order valence-corrected chi connectivity index (χ3v) is 5.20. The third-order valence-electron chi connectivity index (χ3n) is 5.20. The summed E-state index contributed by atoms with van der Waals surface area (Å²) in [5, 5.41) is 9.07. The molecular weight excluding hydrogens is 356 g/mol. The van der Waals surface area contributed by atoms with Gasteiger partial charge in [-0.15, -0.1) is 0 Å². The molecule has 28 heavy (non-hydrogen) atoms. The van der Waals surface area contributed by atoms with Crippen molar-refractivity contribution in [2.24, 2.45) is 5.92 Å². The van der Waals surface area contributed by atoms with Crippen LogP contribution in [0.5, 0.6) is 5.75 Å². The molecule has 0 unspecified atom stereocenters. The number of hydrogen-bond acceptors (Lipinski definition) is 4. The van der Waals surface area contributed by atoms with Crippen LogP contribution in [0.15, 0.2) is 42.6 Å². The SMILES string of the molecule is CCOc1ccc(CCC2CCN(C(=O)c3cc(C(=O)O)ccn3)CC2)cc1. The molecule has 148 valence electrons. The van der Waals surface area contributed by atoms with Crippen molar-refractivity contribution in [1.82, 2.24) is 9.88 Å². The van der Waals surface area contributed by atoms with Crippen molar-refractivity contribution < 1.29 is 19.4 Å². The van der Waals surface area contributed by atoms with Gasteiger partial charge in [-0.25, -0.2) is 4.79 Å². The predicted octanol–water partition coefficient (Wildman–Crippen LogP) is 3.66. The van der Waals surface area contributed by atoms with Gasteiger partial charge in [-0.3, -0.25) is 9.78 Å². The molecule has 1 N–H and O–H groups in total. The van der Waals surface area contributed by atoms with E-state index in [4.69, 9.17) is 9.84 Å². The van der Waals surface area contributed by atoms with E-state index in [9.17, 15) is 9.59 Å². The maximum absolute atomic E-state index is 12.6. The number of hydrogen-bond donors (Lipinski definition) is 1. The van der Waals surface area contributed by atoms with Crippen molar-refractivity contribution in [3.63, 3.8) is 0 Å². The lowest BCUT2D eigenvalue weighted by atomic mass is 9.90. The fourth-order valence-electron chi connectivity index (χ4n) is 3.56. The molecule has 6 heteroatoms. The molecule has 1 amide bonds. The number of aromatic nitrogens is 1. The molecule has 3 rings (SSSR count). The van der Waals surface area contributed by atoms with Gasteiger partial charge in [0.2, 0.25) is 0 Å². The number of amides is 1. The summed E-state index contributed by atoms with van der Waals surface area (Å²) in [6.45, 7) is 4.02.